The summed E-state index contributed by atoms with van der Waals surface area (Å²) >= 11 is 0. The van der Waals surface area contributed by atoms with Gasteiger partial charge in [0.1, 0.15) is 11.6 Å². The summed E-state index contributed by atoms with van der Waals surface area (Å²) in [6.45, 7) is 4.41. The number of methoxy groups -OCH3 is 1. The first-order valence-corrected chi connectivity index (χ1v) is 7.48. The minimum absolute atomic E-state index is 0.739. The highest BCUT2D eigenvalue weighted by Crippen LogP contribution is 2.25. The van der Waals surface area contributed by atoms with Gasteiger partial charge in [-0.25, -0.2) is 4.98 Å². The van der Waals surface area contributed by atoms with Crippen molar-refractivity contribution in [1.82, 2.24) is 14.4 Å². The Kier molecular flexibility index (Phi) is 2.99. The van der Waals surface area contributed by atoms with E-state index in [1.807, 2.05) is 41.1 Å². The number of ether oxygens (including phenoxy) is 1. The molecule has 1 aliphatic rings. The minimum Gasteiger partial charge on any atom is -0.497 e. The Bertz CT molecular complexity index is 803. The van der Waals surface area contributed by atoms with Gasteiger partial charge in [-0.2, -0.15) is 4.98 Å². The summed E-state index contributed by atoms with van der Waals surface area (Å²) in [5, 5.41) is 0. The van der Waals surface area contributed by atoms with Crippen LogP contribution in [0.5, 0.6) is 5.75 Å². The maximum Gasteiger partial charge on any atom is 0.236 e. The van der Waals surface area contributed by atoms with Crippen LogP contribution in [0.2, 0.25) is 0 Å². The molecule has 0 unspecified atom stereocenters. The molecule has 4 rings (SSSR count). The molecule has 1 aromatic carbocycles. The zero-order chi connectivity index (χ0) is 15.1. The zero-order valence-electron chi connectivity index (χ0n) is 12.7. The lowest BCUT2D eigenvalue weighted by atomic mass is 10.0. The van der Waals surface area contributed by atoms with Gasteiger partial charge >= 0.3 is 0 Å². The van der Waals surface area contributed by atoms with Crippen LogP contribution < -0.4 is 9.64 Å². The van der Waals surface area contributed by atoms with E-state index >= 15 is 0 Å². The Balaban J connectivity index is 1.67. The summed E-state index contributed by atoms with van der Waals surface area (Å²) in [7, 11) is 1.67. The summed E-state index contributed by atoms with van der Waals surface area (Å²) < 4.78 is 7.15. The van der Waals surface area contributed by atoms with Crippen molar-refractivity contribution in [2.24, 2.45) is 5.92 Å². The van der Waals surface area contributed by atoms with Gasteiger partial charge in [-0.3, -0.25) is 4.40 Å². The van der Waals surface area contributed by atoms with Crippen molar-refractivity contribution in [1.29, 1.82) is 0 Å². The quantitative estimate of drug-likeness (QED) is 0.745. The Labute approximate surface area is 129 Å². The van der Waals surface area contributed by atoms with Gasteiger partial charge in [0.2, 0.25) is 5.78 Å². The van der Waals surface area contributed by atoms with E-state index in [-0.39, 0.29) is 0 Å². The summed E-state index contributed by atoms with van der Waals surface area (Å²) in [6, 6.07) is 9.97. The molecular formula is C17H18N4O. The van der Waals surface area contributed by atoms with Crippen molar-refractivity contribution in [3.05, 3.63) is 42.7 Å². The highest BCUT2D eigenvalue weighted by molar-refractivity contribution is 5.63. The molecule has 0 aliphatic carbocycles. The molecule has 0 atom stereocenters. The van der Waals surface area contributed by atoms with Crippen molar-refractivity contribution in [3.8, 4) is 17.0 Å². The van der Waals surface area contributed by atoms with Gasteiger partial charge in [-0.05, 0) is 36.2 Å². The maximum atomic E-state index is 5.19. The number of hydrogen-bond donors (Lipinski definition) is 0. The van der Waals surface area contributed by atoms with Gasteiger partial charge < -0.3 is 9.64 Å². The van der Waals surface area contributed by atoms with Gasteiger partial charge in [-0.15, -0.1) is 0 Å². The third-order valence-electron chi connectivity index (χ3n) is 4.09. The maximum absolute atomic E-state index is 5.19. The molecule has 22 heavy (non-hydrogen) atoms. The van der Waals surface area contributed by atoms with Crippen LogP contribution in [0.25, 0.3) is 17.0 Å². The summed E-state index contributed by atoms with van der Waals surface area (Å²) in [5.74, 6) is 3.35. The van der Waals surface area contributed by atoms with Gasteiger partial charge in [0.05, 0.1) is 12.8 Å². The van der Waals surface area contributed by atoms with Crippen LogP contribution in [-0.2, 0) is 0 Å². The molecule has 1 aliphatic heterocycles. The molecule has 1 saturated heterocycles. The molecule has 3 aromatic rings. The average molecular weight is 294 g/mol. The normalized spacial score (nSPS) is 15.1. The van der Waals surface area contributed by atoms with Crippen LogP contribution in [0.15, 0.2) is 42.7 Å². The Morgan fingerprint density at radius 3 is 2.55 bits per heavy atom. The monoisotopic (exact) mass is 294 g/mol. The first-order valence-electron chi connectivity index (χ1n) is 7.48. The predicted molar refractivity (Wildman–Crippen MR) is 86.4 cm³/mol. The predicted octanol–water partition coefficient (Wildman–Crippen LogP) is 2.86. The van der Waals surface area contributed by atoms with E-state index < -0.39 is 0 Å². The molecule has 3 heterocycles. The second kappa shape index (κ2) is 5.02. The Hall–Kier alpha value is -2.56. The molecule has 112 valence electrons. The van der Waals surface area contributed by atoms with Crippen LogP contribution in [0.1, 0.15) is 6.92 Å². The standard InChI is InChI=1S/C17H18N4O/c1-12-9-21(10-12)16-7-8-20-11-15(18-17(20)19-16)13-3-5-14(22-2)6-4-13/h3-8,11-12H,9-10H2,1-2H3. The largest absolute Gasteiger partial charge is 0.497 e. The number of fused-ring (bicyclic) bond motifs is 1. The van der Waals surface area contributed by atoms with E-state index in [0.29, 0.717) is 0 Å². The summed E-state index contributed by atoms with van der Waals surface area (Å²) in [6.07, 6.45) is 4.04. The molecule has 1 fully saturated rings. The lowest BCUT2D eigenvalue weighted by Gasteiger charge is -2.38. The van der Waals surface area contributed by atoms with Crippen LogP contribution >= 0.6 is 0 Å². The molecule has 5 heteroatoms. The van der Waals surface area contributed by atoms with Crippen molar-refractivity contribution in [2.75, 3.05) is 25.1 Å². The average Bonchev–Trinajstić information content (AvgIpc) is 2.95. The number of rotatable bonds is 3. The molecule has 0 saturated carbocycles. The molecule has 0 amide bonds. The highest BCUT2D eigenvalue weighted by Gasteiger charge is 2.23. The Morgan fingerprint density at radius 1 is 1.09 bits per heavy atom. The number of hydrogen-bond acceptors (Lipinski definition) is 4. The molecule has 0 radical (unpaired) electrons. The first-order chi connectivity index (χ1) is 10.7. The number of anilines is 1. The van der Waals surface area contributed by atoms with E-state index in [9.17, 15) is 0 Å². The molecule has 0 N–H and O–H groups in total. The molecule has 5 nitrogen and oxygen atoms in total. The van der Waals surface area contributed by atoms with Crippen LogP contribution in [0, 0.1) is 5.92 Å². The number of benzene rings is 1. The zero-order valence-corrected chi connectivity index (χ0v) is 12.7. The fourth-order valence-electron chi connectivity index (χ4n) is 2.83. The second-order valence-electron chi connectivity index (χ2n) is 5.86. The fourth-order valence-corrected chi connectivity index (χ4v) is 2.83. The summed E-state index contributed by atoms with van der Waals surface area (Å²) in [5.41, 5.74) is 1.98. The third-order valence-corrected chi connectivity index (χ3v) is 4.09. The van der Waals surface area contributed by atoms with Crippen molar-refractivity contribution in [2.45, 2.75) is 6.92 Å². The van der Waals surface area contributed by atoms with Crippen LogP contribution in [0.4, 0.5) is 5.82 Å². The molecule has 0 spiro atoms. The lowest BCUT2D eigenvalue weighted by molar-refractivity contribution is 0.415. The highest BCUT2D eigenvalue weighted by atomic mass is 16.5. The van der Waals surface area contributed by atoms with E-state index in [2.05, 4.69) is 27.9 Å². The van der Waals surface area contributed by atoms with Crippen molar-refractivity contribution >= 4 is 11.6 Å². The van der Waals surface area contributed by atoms with Gasteiger partial charge in [0.15, 0.2) is 0 Å². The molecular weight excluding hydrogens is 276 g/mol. The topological polar surface area (TPSA) is 42.7 Å². The van der Waals surface area contributed by atoms with Crippen molar-refractivity contribution < 1.29 is 4.74 Å². The smallest absolute Gasteiger partial charge is 0.236 e. The second-order valence-corrected chi connectivity index (χ2v) is 5.86. The summed E-state index contributed by atoms with van der Waals surface area (Å²) in [4.78, 5) is 11.6. The first kappa shape index (κ1) is 13.1. The van der Waals surface area contributed by atoms with Crippen LogP contribution in [0.3, 0.4) is 0 Å². The SMILES string of the molecule is COc1ccc(-c2cn3ccc(N4CC(C)C4)nc3n2)cc1. The number of nitrogens with zero attached hydrogens (tertiary/aromatic N) is 4. The lowest BCUT2D eigenvalue weighted by Crippen LogP contribution is -2.45. The van der Waals surface area contributed by atoms with E-state index in [4.69, 9.17) is 4.74 Å². The van der Waals surface area contributed by atoms with Crippen LogP contribution in [-0.4, -0.2) is 34.6 Å². The number of imidazole rings is 1. The third kappa shape index (κ3) is 2.19. The van der Waals surface area contributed by atoms with E-state index in [1.54, 1.807) is 7.11 Å². The Morgan fingerprint density at radius 2 is 1.86 bits per heavy atom. The van der Waals surface area contributed by atoms with Gasteiger partial charge in [0, 0.05) is 31.0 Å². The van der Waals surface area contributed by atoms with E-state index in [0.717, 1.165) is 47.6 Å². The minimum atomic E-state index is 0.739. The van der Waals surface area contributed by atoms with E-state index in [1.165, 1.54) is 0 Å². The molecule has 2 aromatic heterocycles. The number of aromatic nitrogens is 3. The fraction of sp³-hybridized carbons (Fsp3) is 0.294. The molecule has 0 bridgehead atoms. The van der Waals surface area contributed by atoms with Gasteiger partial charge in [0.25, 0.3) is 0 Å². The van der Waals surface area contributed by atoms with Crippen molar-refractivity contribution in [3.63, 3.8) is 0 Å². The van der Waals surface area contributed by atoms with Gasteiger partial charge in [-0.1, -0.05) is 6.92 Å².